The summed E-state index contributed by atoms with van der Waals surface area (Å²) in [5, 5.41) is 0.577. The van der Waals surface area contributed by atoms with Crippen LogP contribution in [0.5, 0.6) is 0 Å². The van der Waals surface area contributed by atoms with Crippen LogP contribution in [0.4, 0.5) is 5.82 Å². The van der Waals surface area contributed by atoms with E-state index in [0.29, 0.717) is 40.7 Å². The Morgan fingerprint density at radius 3 is 2.29 bits per heavy atom. The largest absolute Gasteiger partial charge is 0.462 e. The molecule has 2 aromatic carbocycles. The van der Waals surface area contributed by atoms with Gasteiger partial charge in [0, 0.05) is 25.1 Å². The molecule has 0 aliphatic carbocycles. The monoisotopic (exact) mass is 473 g/mol. The van der Waals surface area contributed by atoms with Crippen LogP contribution in [0.3, 0.4) is 0 Å². The molecule has 0 fully saturated rings. The topological polar surface area (TPSA) is 99.1 Å². The number of ketones is 1. The summed E-state index contributed by atoms with van der Waals surface area (Å²) in [6.07, 6.45) is 2.19. The van der Waals surface area contributed by atoms with Crippen LogP contribution < -0.4 is 10.3 Å². The average molecular weight is 474 g/mol. The lowest BCUT2D eigenvalue weighted by molar-refractivity contribution is -0.691. The number of nitrogens with two attached hydrogens (primary N) is 1. The van der Waals surface area contributed by atoms with Gasteiger partial charge in [-0.25, -0.2) is 14.8 Å². The maximum Gasteiger partial charge on any atom is 0.338 e. The van der Waals surface area contributed by atoms with E-state index in [-0.39, 0.29) is 18.4 Å². The minimum absolute atomic E-state index is 0.0761. The molecular weight excluding hydrogens is 448 g/mol. The molecule has 0 saturated heterocycles. The quantitative estimate of drug-likeness (QED) is 0.238. The lowest BCUT2D eigenvalue weighted by Crippen LogP contribution is -2.41. The molecule has 0 radical (unpaired) electrons. The lowest BCUT2D eigenvalue weighted by atomic mass is 10.1. The van der Waals surface area contributed by atoms with Gasteiger partial charge in [0.05, 0.1) is 22.6 Å². The fourth-order valence-electron chi connectivity index (χ4n) is 3.55. The Labute approximate surface area is 201 Å². The number of carbonyl (C=O) groups is 2. The van der Waals surface area contributed by atoms with Gasteiger partial charge in [-0.1, -0.05) is 59.9 Å². The Morgan fingerprint density at radius 2 is 1.65 bits per heavy atom. The number of hydrogen-bond acceptors (Lipinski definition) is 7. The molecule has 2 heterocycles. The molecule has 0 unspecified atom stereocenters. The fourth-order valence-corrected chi connectivity index (χ4v) is 4.75. The number of nitrogen functional groups attached to an aromatic ring is 1. The molecule has 4 aromatic rings. The third-order valence-corrected chi connectivity index (χ3v) is 6.77. The summed E-state index contributed by atoms with van der Waals surface area (Å²) in [7, 11) is 0. The number of carbonyl (C=O) groups excluding carboxylic acids is 2. The molecular formula is C26H25N4O3S+. The van der Waals surface area contributed by atoms with E-state index in [1.54, 1.807) is 49.5 Å². The Kier molecular flexibility index (Phi) is 7.08. The normalized spacial score (nSPS) is 10.8. The van der Waals surface area contributed by atoms with Crippen LogP contribution in [-0.4, -0.2) is 28.3 Å². The maximum atomic E-state index is 13.4. The summed E-state index contributed by atoms with van der Waals surface area (Å²) < 4.78 is 7.41. The highest BCUT2D eigenvalue weighted by atomic mass is 32.1. The van der Waals surface area contributed by atoms with Crippen LogP contribution in [-0.2, 0) is 17.7 Å². The van der Waals surface area contributed by atoms with Gasteiger partial charge in [0.15, 0.2) is 12.2 Å². The maximum absolute atomic E-state index is 13.4. The first kappa shape index (κ1) is 23.3. The van der Waals surface area contributed by atoms with E-state index in [9.17, 15) is 9.59 Å². The van der Waals surface area contributed by atoms with Gasteiger partial charge in [-0.05, 0) is 19.1 Å². The first-order chi connectivity index (χ1) is 16.4. The van der Waals surface area contributed by atoms with Gasteiger partial charge in [0.1, 0.15) is 11.6 Å². The SMILES string of the molecule is Cc1ncc(C[n+]2c(C(=O)c3ccccc3)sc(CCOC(=O)c3ccccc3)c2C)c(N)n1. The molecule has 0 saturated carbocycles. The number of rotatable bonds is 8. The van der Waals surface area contributed by atoms with Gasteiger partial charge in [-0.2, -0.15) is 4.57 Å². The minimum Gasteiger partial charge on any atom is -0.462 e. The molecule has 4 rings (SSSR count). The van der Waals surface area contributed by atoms with E-state index in [2.05, 4.69) is 9.97 Å². The standard InChI is InChI=1S/C26H25N4O3S/c1-17-22(13-14-33-26(32)20-11-7-4-8-12-20)34-25(23(31)19-9-5-3-6-10-19)30(17)16-21-15-28-18(2)29-24(21)27/h3-12,15H,13-14,16H2,1-2H3,(H2,27,28,29)/q+1. The second-order valence-corrected chi connectivity index (χ2v) is 8.86. The highest BCUT2D eigenvalue weighted by Crippen LogP contribution is 2.22. The predicted molar refractivity (Wildman–Crippen MR) is 130 cm³/mol. The Bertz CT molecular complexity index is 1320. The van der Waals surface area contributed by atoms with Crippen molar-refractivity contribution in [1.82, 2.24) is 9.97 Å². The van der Waals surface area contributed by atoms with Crippen LogP contribution in [0.2, 0.25) is 0 Å². The molecule has 2 N–H and O–H groups in total. The molecule has 0 aliphatic heterocycles. The number of ether oxygens (including phenoxy) is 1. The molecule has 34 heavy (non-hydrogen) atoms. The van der Waals surface area contributed by atoms with Gasteiger partial charge in [-0.15, -0.1) is 0 Å². The average Bonchev–Trinajstić information content (AvgIpc) is 3.16. The summed E-state index contributed by atoms with van der Waals surface area (Å²) in [6, 6.07) is 18.0. The van der Waals surface area contributed by atoms with Crippen LogP contribution in [0.25, 0.3) is 0 Å². The lowest BCUT2D eigenvalue weighted by Gasteiger charge is -2.05. The van der Waals surface area contributed by atoms with Gasteiger partial charge in [0.2, 0.25) is 0 Å². The van der Waals surface area contributed by atoms with Crippen molar-refractivity contribution in [2.24, 2.45) is 0 Å². The van der Waals surface area contributed by atoms with E-state index < -0.39 is 0 Å². The first-order valence-corrected chi connectivity index (χ1v) is 11.7. The summed E-state index contributed by atoms with van der Waals surface area (Å²) in [4.78, 5) is 35.1. The molecule has 2 aromatic heterocycles. The zero-order valence-electron chi connectivity index (χ0n) is 19.0. The van der Waals surface area contributed by atoms with Crippen molar-refractivity contribution >= 4 is 28.9 Å². The second-order valence-electron chi connectivity index (χ2n) is 7.78. The van der Waals surface area contributed by atoms with E-state index in [1.165, 1.54) is 11.3 Å². The van der Waals surface area contributed by atoms with Crippen molar-refractivity contribution in [2.75, 3.05) is 12.3 Å². The summed E-state index contributed by atoms with van der Waals surface area (Å²) >= 11 is 1.41. The Balaban J connectivity index is 1.61. The van der Waals surface area contributed by atoms with E-state index in [4.69, 9.17) is 10.5 Å². The number of aromatic nitrogens is 3. The van der Waals surface area contributed by atoms with Crippen molar-refractivity contribution in [2.45, 2.75) is 26.8 Å². The van der Waals surface area contributed by atoms with Gasteiger partial charge in [-0.3, -0.25) is 4.79 Å². The first-order valence-electron chi connectivity index (χ1n) is 10.9. The van der Waals surface area contributed by atoms with E-state index >= 15 is 0 Å². The van der Waals surface area contributed by atoms with Crippen LogP contribution in [0, 0.1) is 13.8 Å². The van der Waals surface area contributed by atoms with Crippen molar-refractivity contribution in [3.63, 3.8) is 0 Å². The minimum atomic E-state index is -0.368. The van der Waals surface area contributed by atoms with Crippen molar-refractivity contribution in [3.05, 3.63) is 105 Å². The van der Waals surface area contributed by atoms with Gasteiger partial charge in [0.25, 0.3) is 5.78 Å². The van der Waals surface area contributed by atoms with Crippen molar-refractivity contribution in [1.29, 1.82) is 0 Å². The van der Waals surface area contributed by atoms with Crippen molar-refractivity contribution < 1.29 is 18.9 Å². The van der Waals surface area contributed by atoms with Crippen LogP contribution in [0.1, 0.15) is 47.7 Å². The van der Waals surface area contributed by atoms with Crippen LogP contribution >= 0.6 is 11.3 Å². The number of nitrogens with zero attached hydrogens (tertiary/aromatic N) is 3. The zero-order chi connectivity index (χ0) is 24.1. The highest BCUT2D eigenvalue weighted by molar-refractivity contribution is 7.13. The van der Waals surface area contributed by atoms with Crippen molar-refractivity contribution in [3.8, 4) is 0 Å². The number of esters is 1. The third-order valence-electron chi connectivity index (χ3n) is 5.42. The molecule has 0 spiro atoms. The van der Waals surface area contributed by atoms with E-state index in [1.807, 2.05) is 35.8 Å². The van der Waals surface area contributed by atoms with E-state index in [0.717, 1.165) is 16.1 Å². The predicted octanol–water partition coefficient (Wildman–Crippen LogP) is 3.70. The summed E-state index contributed by atoms with van der Waals surface area (Å²) in [5.41, 5.74) is 8.90. The molecule has 0 aliphatic rings. The summed E-state index contributed by atoms with van der Waals surface area (Å²) in [5.74, 6) is 0.539. The Morgan fingerprint density at radius 1 is 1.00 bits per heavy atom. The zero-order valence-corrected chi connectivity index (χ0v) is 19.8. The molecule has 0 atom stereocenters. The number of thiazole rings is 1. The smallest absolute Gasteiger partial charge is 0.338 e. The molecule has 172 valence electrons. The second kappa shape index (κ2) is 10.4. The highest BCUT2D eigenvalue weighted by Gasteiger charge is 2.30. The van der Waals surface area contributed by atoms with Gasteiger partial charge < -0.3 is 10.5 Å². The Hall–Kier alpha value is -3.91. The third kappa shape index (κ3) is 5.18. The number of hydrogen-bond donors (Lipinski definition) is 1. The van der Waals surface area contributed by atoms with Crippen LogP contribution in [0.15, 0.2) is 66.9 Å². The molecule has 0 amide bonds. The number of anilines is 1. The molecule has 7 nitrogen and oxygen atoms in total. The van der Waals surface area contributed by atoms with Gasteiger partial charge >= 0.3 is 11.0 Å². The number of aryl methyl sites for hydroxylation is 1. The molecule has 0 bridgehead atoms. The summed E-state index contributed by atoms with van der Waals surface area (Å²) in [6.45, 7) is 4.32. The fraction of sp³-hybridized carbons (Fsp3) is 0.192. The molecule has 8 heteroatoms. The number of benzene rings is 2.